The number of nitrogens with one attached hydrogen (secondary N) is 1. The summed E-state index contributed by atoms with van der Waals surface area (Å²) in [6, 6.07) is 26.0. The molecular weight excluding hydrogens is 448 g/mol. The van der Waals surface area contributed by atoms with Crippen LogP contribution in [-0.2, 0) is 22.6 Å². The lowest BCUT2D eigenvalue weighted by Crippen LogP contribution is -2.50. The third kappa shape index (κ3) is 7.92. The summed E-state index contributed by atoms with van der Waals surface area (Å²) >= 11 is 6.19. The first-order valence-electron chi connectivity index (χ1n) is 11.6. The van der Waals surface area contributed by atoms with Crippen LogP contribution in [0.25, 0.3) is 0 Å². The molecule has 34 heavy (non-hydrogen) atoms. The first-order chi connectivity index (χ1) is 16.6. The number of halogens is 1. The Kier molecular flexibility index (Phi) is 9.98. The fraction of sp³-hybridized carbons (Fsp3) is 0.286. The van der Waals surface area contributed by atoms with Gasteiger partial charge in [0.25, 0.3) is 0 Å². The maximum atomic E-state index is 13.4. The fourth-order valence-electron chi connectivity index (χ4n) is 3.75. The summed E-state index contributed by atoms with van der Waals surface area (Å²) in [6.45, 7) is 3.09. The van der Waals surface area contributed by atoms with Gasteiger partial charge in [-0.15, -0.1) is 0 Å². The van der Waals surface area contributed by atoms with Gasteiger partial charge in [-0.25, -0.2) is 0 Å². The van der Waals surface area contributed by atoms with Crippen molar-refractivity contribution < 1.29 is 14.3 Å². The number of carbonyl (C=O) groups is 2. The summed E-state index contributed by atoms with van der Waals surface area (Å²) in [5.74, 6) is 0.515. The predicted octanol–water partition coefficient (Wildman–Crippen LogP) is 5.28. The summed E-state index contributed by atoms with van der Waals surface area (Å²) in [7, 11) is 0. The zero-order valence-electron chi connectivity index (χ0n) is 19.5. The van der Waals surface area contributed by atoms with Crippen LogP contribution < -0.4 is 10.1 Å². The molecule has 0 unspecified atom stereocenters. The van der Waals surface area contributed by atoms with E-state index in [2.05, 4.69) is 5.32 Å². The topological polar surface area (TPSA) is 58.6 Å². The van der Waals surface area contributed by atoms with Crippen molar-refractivity contribution >= 4 is 23.4 Å². The summed E-state index contributed by atoms with van der Waals surface area (Å²) in [4.78, 5) is 28.2. The quantitative estimate of drug-likeness (QED) is 0.360. The number of benzene rings is 3. The molecule has 0 bridgehead atoms. The molecule has 2 amide bonds. The molecule has 0 aliphatic rings. The SMILES string of the molecule is CCNC(=O)[C@@H](Cc1ccccc1)N(Cc1cccc(Cl)c1)C(=O)CCCOc1ccccc1. The molecular formula is C28H31ClN2O3. The third-order valence-corrected chi connectivity index (χ3v) is 5.65. The van der Waals surface area contributed by atoms with E-state index in [4.69, 9.17) is 16.3 Å². The molecule has 6 heteroatoms. The van der Waals surface area contributed by atoms with Gasteiger partial charge in [-0.2, -0.15) is 0 Å². The van der Waals surface area contributed by atoms with E-state index in [0.29, 0.717) is 37.6 Å². The molecule has 0 aliphatic heterocycles. The molecule has 5 nitrogen and oxygen atoms in total. The number of hydrogen-bond donors (Lipinski definition) is 1. The Morgan fingerprint density at radius 3 is 2.29 bits per heavy atom. The number of amides is 2. The number of carbonyl (C=O) groups excluding carboxylic acids is 2. The van der Waals surface area contributed by atoms with E-state index >= 15 is 0 Å². The van der Waals surface area contributed by atoms with Crippen LogP contribution in [0, 0.1) is 0 Å². The van der Waals surface area contributed by atoms with Crippen LogP contribution in [0.15, 0.2) is 84.9 Å². The van der Waals surface area contributed by atoms with Crippen LogP contribution in [0.5, 0.6) is 5.75 Å². The van der Waals surface area contributed by atoms with Gasteiger partial charge in [0.05, 0.1) is 6.61 Å². The standard InChI is InChI=1S/C28H31ClN2O3/c1-2-30-28(33)26(20-22-11-5-3-6-12-22)31(21-23-13-9-14-24(29)19-23)27(32)17-10-18-34-25-15-7-4-8-16-25/h3-9,11-16,19,26H,2,10,17-18,20-21H2,1H3,(H,30,33)/t26-/m1/s1. The Balaban J connectivity index is 1.77. The molecule has 0 heterocycles. The lowest BCUT2D eigenvalue weighted by molar-refractivity contribution is -0.141. The van der Waals surface area contributed by atoms with Crippen molar-refractivity contribution in [2.24, 2.45) is 0 Å². The lowest BCUT2D eigenvalue weighted by Gasteiger charge is -2.31. The lowest BCUT2D eigenvalue weighted by atomic mass is 10.0. The number of para-hydroxylation sites is 1. The zero-order valence-corrected chi connectivity index (χ0v) is 20.2. The van der Waals surface area contributed by atoms with Crippen molar-refractivity contribution in [1.82, 2.24) is 10.2 Å². The number of ether oxygens (including phenoxy) is 1. The van der Waals surface area contributed by atoms with Gasteiger partial charge in [-0.3, -0.25) is 9.59 Å². The second-order valence-corrected chi connectivity index (χ2v) is 8.45. The van der Waals surface area contributed by atoms with Gasteiger partial charge in [0, 0.05) is 31.0 Å². The Labute approximate surface area is 206 Å². The average molecular weight is 479 g/mol. The predicted molar refractivity (Wildman–Crippen MR) is 136 cm³/mol. The van der Waals surface area contributed by atoms with Gasteiger partial charge in [-0.05, 0) is 48.7 Å². The molecule has 0 saturated carbocycles. The largest absolute Gasteiger partial charge is 0.494 e. The average Bonchev–Trinajstić information content (AvgIpc) is 2.85. The Morgan fingerprint density at radius 1 is 0.941 bits per heavy atom. The Bertz CT molecular complexity index is 1040. The van der Waals surface area contributed by atoms with E-state index in [1.165, 1.54) is 0 Å². The molecule has 1 atom stereocenters. The van der Waals surface area contributed by atoms with E-state index in [1.54, 1.807) is 11.0 Å². The smallest absolute Gasteiger partial charge is 0.243 e. The van der Waals surface area contributed by atoms with Crippen LogP contribution in [0.4, 0.5) is 0 Å². The van der Waals surface area contributed by atoms with Crippen molar-refractivity contribution in [3.63, 3.8) is 0 Å². The van der Waals surface area contributed by atoms with E-state index in [9.17, 15) is 9.59 Å². The first-order valence-corrected chi connectivity index (χ1v) is 12.0. The van der Waals surface area contributed by atoms with Crippen molar-refractivity contribution in [3.8, 4) is 5.75 Å². The number of hydrogen-bond acceptors (Lipinski definition) is 3. The monoisotopic (exact) mass is 478 g/mol. The van der Waals surface area contributed by atoms with E-state index in [0.717, 1.165) is 16.9 Å². The molecule has 0 aromatic heterocycles. The van der Waals surface area contributed by atoms with E-state index < -0.39 is 6.04 Å². The van der Waals surface area contributed by atoms with Crippen LogP contribution in [-0.4, -0.2) is 35.9 Å². The van der Waals surface area contributed by atoms with Gasteiger partial charge < -0.3 is 15.0 Å². The minimum atomic E-state index is -0.635. The normalized spacial score (nSPS) is 11.5. The van der Waals surface area contributed by atoms with Crippen LogP contribution in [0.1, 0.15) is 30.9 Å². The van der Waals surface area contributed by atoms with E-state index in [-0.39, 0.29) is 18.2 Å². The highest BCUT2D eigenvalue weighted by Gasteiger charge is 2.29. The van der Waals surface area contributed by atoms with Gasteiger partial charge in [0.15, 0.2) is 0 Å². The minimum absolute atomic E-state index is 0.0937. The highest BCUT2D eigenvalue weighted by Crippen LogP contribution is 2.19. The maximum Gasteiger partial charge on any atom is 0.243 e. The van der Waals surface area contributed by atoms with Crippen molar-refractivity contribution in [1.29, 1.82) is 0 Å². The summed E-state index contributed by atoms with van der Waals surface area (Å²) in [6.07, 6.45) is 1.25. The molecule has 3 rings (SSSR count). The molecule has 0 spiro atoms. The molecule has 3 aromatic carbocycles. The first kappa shape index (κ1) is 25.3. The highest BCUT2D eigenvalue weighted by atomic mass is 35.5. The molecule has 0 saturated heterocycles. The molecule has 0 radical (unpaired) electrons. The van der Waals surface area contributed by atoms with Gasteiger partial charge in [-0.1, -0.05) is 72.3 Å². The number of rotatable bonds is 12. The van der Waals surface area contributed by atoms with Crippen molar-refractivity contribution in [3.05, 3.63) is 101 Å². The highest BCUT2D eigenvalue weighted by molar-refractivity contribution is 6.30. The van der Waals surface area contributed by atoms with Crippen LogP contribution in [0.3, 0.4) is 0 Å². The Morgan fingerprint density at radius 2 is 1.62 bits per heavy atom. The molecule has 0 fully saturated rings. The zero-order chi connectivity index (χ0) is 24.2. The van der Waals surface area contributed by atoms with Crippen molar-refractivity contribution in [2.75, 3.05) is 13.2 Å². The molecule has 178 valence electrons. The van der Waals surface area contributed by atoms with E-state index in [1.807, 2.05) is 85.8 Å². The minimum Gasteiger partial charge on any atom is -0.494 e. The second kappa shape index (κ2) is 13.4. The molecule has 0 aliphatic carbocycles. The Hall–Kier alpha value is -3.31. The summed E-state index contributed by atoms with van der Waals surface area (Å²) in [5, 5.41) is 3.50. The maximum absolute atomic E-state index is 13.4. The number of likely N-dealkylation sites (N-methyl/N-ethyl adjacent to an activating group) is 1. The molecule has 1 N–H and O–H groups in total. The van der Waals surface area contributed by atoms with Gasteiger partial charge >= 0.3 is 0 Å². The van der Waals surface area contributed by atoms with Gasteiger partial charge in [0.1, 0.15) is 11.8 Å². The van der Waals surface area contributed by atoms with Gasteiger partial charge in [0.2, 0.25) is 11.8 Å². The van der Waals surface area contributed by atoms with Crippen molar-refractivity contribution in [2.45, 2.75) is 38.8 Å². The summed E-state index contributed by atoms with van der Waals surface area (Å²) in [5.41, 5.74) is 1.87. The van der Waals surface area contributed by atoms with Crippen LogP contribution in [0.2, 0.25) is 5.02 Å². The third-order valence-electron chi connectivity index (χ3n) is 5.41. The second-order valence-electron chi connectivity index (χ2n) is 8.02. The molecule has 3 aromatic rings. The summed E-state index contributed by atoms with van der Waals surface area (Å²) < 4.78 is 5.74. The number of nitrogens with zero attached hydrogens (tertiary/aromatic N) is 1. The van der Waals surface area contributed by atoms with Crippen LogP contribution >= 0.6 is 11.6 Å². The fourth-order valence-corrected chi connectivity index (χ4v) is 3.96.